The van der Waals surface area contributed by atoms with Crippen LogP contribution in [0.4, 0.5) is 4.79 Å². The molecule has 2 fully saturated rings. The molecule has 0 aliphatic carbocycles. The third kappa shape index (κ3) is 5.68. The molecule has 148 valence electrons. The Bertz CT molecular complexity index is 631. The lowest BCUT2D eigenvalue weighted by atomic mass is 10.0. The van der Waals surface area contributed by atoms with E-state index in [0.29, 0.717) is 13.1 Å². The molecular formula is C20H30N4O3. The monoisotopic (exact) mass is 374 g/mol. The molecule has 2 aliphatic rings. The molecule has 0 spiro atoms. The highest BCUT2D eigenvalue weighted by Gasteiger charge is 2.28. The summed E-state index contributed by atoms with van der Waals surface area (Å²) >= 11 is 0. The summed E-state index contributed by atoms with van der Waals surface area (Å²) in [6.07, 6.45) is 1.15. The Hall–Kier alpha value is -2.12. The first-order valence-electron chi connectivity index (χ1n) is 9.76. The van der Waals surface area contributed by atoms with Gasteiger partial charge in [-0.3, -0.25) is 9.69 Å². The number of aliphatic hydroxyl groups excluding tert-OH is 1. The summed E-state index contributed by atoms with van der Waals surface area (Å²) in [6, 6.07) is 10.5. The van der Waals surface area contributed by atoms with Gasteiger partial charge >= 0.3 is 6.03 Å². The third-order valence-corrected chi connectivity index (χ3v) is 5.40. The van der Waals surface area contributed by atoms with E-state index in [1.807, 2.05) is 6.07 Å². The minimum absolute atomic E-state index is 0.0675. The van der Waals surface area contributed by atoms with Crippen LogP contribution in [0.15, 0.2) is 30.3 Å². The lowest BCUT2D eigenvalue weighted by Crippen LogP contribution is -2.50. The fraction of sp³-hybridized carbons (Fsp3) is 0.600. The second-order valence-electron chi connectivity index (χ2n) is 7.55. The van der Waals surface area contributed by atoms with Crippen LogP contribution in [-0.4, -0.2) is 83.2 Å². The number of carbonyl (C=O) groups excluding carboxylic acids is 2. The number of rotatable bonds is 3. The second-order valence-corrected chi connectivity index (χ2v) is 7.55. The molecule has 2 aliphatic heterocycles. The van der Waals surface area contributed by atoms with Crippen LogP contribution in [0.3, 0.4) is 0 Å². The van der Waals surface area contributed by atoms with Gasteiger partial charge in [-0.2, -0.15) is 0 Å². The molecule has 27 heavy (non-hydrogen) atoms. The topological polar surface area (TPSA) is 76.1 Å². The third-order valence-electron chi connectivity index (χ3n) is 5.40. The Kier molecular flexibility index (Phi) is 6.68. The SMILES string of the molecule is CC(=O)N1CCN(C(=O)NC2CCN(Cc3ccccc3)CC2)C[C@H](O)C1. The van der Waals surface area contributed by atoms with Crippen molar-refractivity contribution in [3.63, 3.8) is 0 Å². The van der Waals surface area contributed by atoms with Gasteiger partial charge in [0.1, 0.15) is 0 Å². The van der Waals surface area contributed by atoms with E-state index in [-0.39, 0.29) is 31.1 Å². The van der Waals surface area contributed by atoms with E-state index in [0.717, 1.165) is 32.5 Å². The molecule has 2 heterocycles. The standard InChI is InChI=1S/C20H30N4O3/c1-16(25)23-11-12-24(15-19(26)14-23)20(27)21-18-7-9-22(10-8-18)13-17-5-3-2-4-6-17/h2-6,18-19,26H,7-15H2,1H3,(H,21,27)/t19-/m1/s1. The summed E-state index contributed by atoms with van der Waals surface area (Å²) in [5, 5.41) is 13.2. The van der Waals surface area contributed by atoms with Crippen molar-refractivity contribution < 1.29 is 14.7 Å². The Morgan fingerprint density at radius 1 is 1.04 bits per heavy atom. The first-order valence-corrected chi connectivity index (χ1v) is 9.76. The van der Waals surface area contributed by atoms with Gasteiger partial charge in [0.2, 0.25) is 5.91 Å². The fourth-order valence-electron chi connectivity index (χ4n) is 3.80. The predicted octanol–water partition coefficient (Wildman–Crippen LogP) is 0.886. The number of amides is 3. The molecule has 3 amide bonds. The quantitative estimate of drug-likeness (QED) is 0.824. The van der Waals surface area contributed by atoms with Crippen molar-refractivity contribution in [2.75, 3.05) is 39.3 Å². The van der Waals surface area contributed by atoms with E-state index >= 15 is 0 Å². The zero-order chi connectivity index (χ0) is 19.2. The molecule has 1 aromatic rings. The summed E-state index contributed by atoms with van der Waals surface area (Å²) in [7, 11) is 0. The average Bonchev–Trinajstić information content (AvgIpc) is 2.86. The van der Waals surface area contributed by atoms with Crippen LogP contribution >= 0.6 is 0 Å². The number of carbonyl (C=O) groups is 2. The first-order chi connectivity index (χ1) is 13.0. The number of hydrogen-bond donors (Lipinski definition) is 2. The molecule has 2 N–H and O–H groups in total. The van der Waals surface area contributed by atoms with Crippen molar-refractivity contribution in [1.29, 1.82) is 0 Å². The summed E-state index contributed by atoms with van der Waals surface area (Å²) in [5.41, 5.74) is 1.31. The van der Waals surface area contributed by atoms with Crippen LogP contribution in [0.2, 0.25) is 0 Å². The zero-order valence-corrected chi connectivity index (χ0v) is 16.0. The Labute approximate surface area is 160 Å². The molecule has 0 bridgehead atoms. The normalized spacial score (nSPS) is 22.4. The van der Waals surface area contributed by atoms with E-state index in [9.17, 15) is 14.7 Å². The van der Waals surface area contributed by atoms with Crippen molar-refractivity contribution in [1.82, 2.24) is 20.0 Å². The lowest BCUT2D eigenvalue weighted by Gasteiger charge is -2.33. The molecule has 0 aromatic heterocycles. The molecule has 7 heteroatoms. The van der Waals surface area contributed by atoms with Gasteiger partial charge in [-0.1, -0.05) is 30.3 Å². The van der Waals surface area contributed by atoms with Crippen LogP contribution in [0, 0.1) is 0 Å². The minimum Gasteiger partial charge on any atom is -0.389 e. The van der Waals surface area contributed by atoms with E-state index in [2.05, 4.69) is 34.5 Å². The van der Waals surface area contributed by atoms with Crippen molar-refractivity contribution in [2.45, 2.75) is 38.5 Å². The molecular weight excluding hydrogens is 344 g/mol. The number of nitrogens with zero attached hydrogens (tertiary/aromatic N) is 3. The number of benzene rings is 1. The Morgan fingerprint density at radius 3 is 2.33 bits per heavy atom. The largest absolute Gasteiger partial charge is 0.389 e. The summed E-state index contributed by atoms with van der Waals surface area (Å²) in [6.45, 7) is 5.83. The van der Waals surface area contributed by atoms with E-state index in [4.69, 9.17) is 0 Å². The number of β-amino-alcohol motifs (C(OH)–C–C–N with tert-alkyl or cyclic N) is 1. The molecule has 1 aromatic carbocycles. The highest BCUT2D eigenvalue weighted by molar-refractivity contribution is 5.75. The Morgan fingerprint density at radius 2 is 1.67 bits per heavy atom. The molecule has 3 rings (SSSR count). The lowest BCUT2D eigenvalue weighted by molar-refractivity contribution is -0.129. The molecule has 1 atom stereocenters. The van der Waals surface area contributed by atoms with Crippen LogP contribution < -0.4 is 5.32 Å². The predicted molar refractivity (Wildman–Crippen MR) is 103 cm³/mol. The highest BCUT2D eigenvalue weighted by Crippen LogP contribution is 2.14. The minimum atomic E-state index is -0.699. The van der Waals surface area contributed by atoms with Gasteiger partial charge in [-0.05, 0) is 18.4 Å². The van der Waals surface area contributed by atoms with E-state index in [1.165, 1.54) is 12.5 Å². The van der Waals surface area contributed by atoms with Gasteiger partial charge in [0.05, 0.1) is 12.6 Å². The maximum atomic E-state index is 12.6. The van der Waals surface area contributed by atoms with E-state index in [1.54, 1.807) is 9.80 Å². The fourth-order valence-corrected chi connectivity index (χ4v) is 3.80. The van der Waals surface area contributed by atoms with Crippen LogP contribution in [0.1, 0.15) is 25.3 Å². The maximum absolute atomic E-state index is 12.6. The number of likely N-dealkylation sites (tertiary alicyclic amines) is 1. The average molecular weight is 374 g/mol. The van der Waals surface area contributed by atoms with Gasteiger partial charge in [0.25, 0.3) is 0 Å². The van der Waals surface area contributed by atoms with E-state index < -0.39 is 6.10 Å². The van der Waals surface area contributed by atoms with Crippen LogP contribution in [-0.2, 0) is 11.3 Å². The van der Waals surface area contributed by atoms with Crippen molar-refractivity contribution in [2.24, 2.45) is 0 Å². The van der Waals surface area contributed by atoms with Gasteiger partial charge < -0.3 is 20.2 Å². The molecule has 7 nitrogen and oxygen atoms in total. The smallest absolute Gasteiger partial charge is 0.317 e. The zero-order valence-electron chi connectivity index (χ0n) is 16.0. The maximum Gasteiger partial charge on any atom is 0.317 e. The van der Waals surface area contributed by atoms with Crippen molar-refractivity contribution in [3.8, 4) is 0 Å². The summed E-state index contributed by atoms with van der Waals surface area (Å²) < 4.78 is 0. The molecule has 2 saturated heterocycles. The highest BCUT2D eigenvalue weighted by atomic mass is 16.3. The van der Waals surface area contributed by atoms with Gasteiger partial charge in [-0.25, -0.2) is 4.79 Å². The number of hydrogen-bond acceptors (Lipinski definition) is 4. The number of nitrogens with one attached hydrogen (secondary N) is 1. The molecule has 0 unspecified atom stereocenters. The molecule has 0 saturated carbocycles. The first kappa shape index (κ1) is 19.6. The van der Waals surface area contributed by atoms with Crippen molar-refractivity contribution in [3.05, 3.63) is 35.9 Å². The Balaban J connectivity index is 1.44. The number of urea groups is 1. The molecule has 0 radical (unpaired) electrons. The van der Waals surface area contributed by atoms with Gasteiger partial charge in [0, 0.05) is 52.2 Å². The second kappa shape index (κ2) is 9.19. The summed E-state index contributed by atoms with van der Waals surface area (Å²) in [5.74, 6) is -0.0675. The van der Waals surface area contributed by atoms with Crippen LogP contribution in [0.5, 0.6) is 0 Å². The van der Waals surface area contributed by atoms with Crippen molar-refractivity contribution >= 4 is 11.9 Å². The number of piperidine rings is 1. The van der Waals surface area contributed by atoms with Gasteiger partial charge in [0.15, 0.2) is 0 Å². The summed E-state index contributed by atoms with van der Waals surface area (Å²) in [4.78, 5) is 29.8. The van der Waals surface area contributed by atoms with Crippen LogP contribution in [0.25, 0.3) is 0 Å². The number of aliphatic hydroxyl groups is 1. The van der Waals surface area contributed by atoms with Gasteiger partial charge in [-0.15, -0.1) is 0 Å².